The minimum atomic E-state index is 0.226. The van der Waals surface area contributed by atoms with Crippen LogP contribution < -0.4 is 10.5 Å². The third kappa shape index (κ3) is 5.73. The zero-order chi connectivity index (χ0) is 12.8. The van der Waals surface area contributed by atoms with Crippen molar-refractivity contribution < 1.29 is 4.74 Å². The van der Waals surface area contributed by atoms with Crippen LogP contribution in [0, 0.1) is 5.92 Å². The maximum atomic E-state index is 6.09. The second-order valence-corrected chi connectivity index (χ2v) is 5.40. The van der Waals surface area contributed by atoms with Crippen LogP contribution in [0.15, 0.2) is 24.3 Å². The third-order valence-corrected chi connectivity index (χ3v) is 2.57. The SMILES string of the molecule is CC(C)CC(N)Cc1ccc(OC(C)C)cc1. The van der Waals surface area contributed by atoms with Gasteiger partial charge in [-0.2, -0.15) is 0 Å². The Kier molecular flexibility index (Phi) is 5.49. The highest BCUT2D eigenvalue weighted by Crippen LogP contribution is 2.16. The summed E-state index contributed by atoms with van der Waals surface area (Å²) in [7, 11) is 0. The first-order valence-corrected chi connectivity index (χ1v) is 6.48. The summed E-state index contributed by atoms with van der Waals surface area (Å²) in [4.78, 5) is 0. The molecule has 0 aliphatic heterocycles. The number of hydrogen-bond donors (Lipinski definition) is 1. The Balaban J connectivity index is 2.50. The van der Waals surface area contributed by atoms with Gasteiger partial charge in [-0.15, -0.1) is 0 Å². The number of rotatable bonds is 6. The zero-order valence-electron chi connectivity index (χ0n) is 11.4. The summed E-state index contributed by atoms with van der Waals surface area (Å²) >= 11 is 0. The lowest BCUT2D eigenvalue weighted by Gasteiger charge is -2.15. The minimum Gasteiger partial charge on any atom is -0.491 e. The van der Waals surface area contributed by atoms with Crippen molar-refractivity contribution in [3.05, 3.63) is 29.8 Å². The lowest BCUT2D eigenvalue weighted by molar-refractivity contribution is 0.242. The van der Waals surface area contributed by atoms with E-state index in [1.807, 2.05) is 26.0 Å². The molecule has 1 aromatic carbocycles. The molecule has 0 aliphatic carbocycles. The molecule has 1 unspecified atom stereocenters. The molecule has 0 bridgehead atoms. The quantitative estimate of drug-likeness (QED) is 0.820. The van der Waals surface area contributed by atoms with Gasteiger partial charge < -0.3 is 10.5 Å². The minimum absolute atomic E-state index is 0.226. The number of nitrogens with two attached hydrogens (primary N) is 1. The van der Waals surface area contributed by atoms with Crippen molar-refractivity contribution in [3.63, 3.8) is 0 Å². The summed E-state index contributed by atoms with van der Waals surface area (Å²) in [5.74, 6) is 1.59. The normalized spacial score (nSPS) is 13.1. The maximum absolute atomic E-state index is 6.09. The summed E-state index contributed by atoms with van der Waals surface area (Å²) in [6, 6.07) is 8.52. The Morgan fingerprint density at radius 2 is 1.65 bits per heavy atom. The average Bonchev–Trinajstić information content (AvgIpc) is 2.18. The molecule has 0 heterocycles. The first kappa shape index (κ1) is 14.0. The smallest absolute Gasteiger partial charge is 0.119 e. The second-order valence-electron chi connectivity index (χ2n) is 5.40. The van der Waals surface area contributed by atoms with Crippen LogP contribution in [-0.2, 0) is 6.42 Å². The van der Waals surface area contributed by atoms with Crippen LogP contribution in [0.25, 0.3) is 0 Å². The van der Waals surface area contributed by atoms with Gasteiger partial charge in [0.25, 0.3) is 0 Å². The largest absolute Gasteiger partial charge is 0.491 e. The molecule has 0 saturated carbocycles. The summed E-state index contributed by atoms with van der Waals surface area (Å²) < 4.78 is 5.61. The second kappa shape index (κ2) is 6.65. The highest BCUT2D eigenvalue weighted by Gasteiger charge is 2.07. The standard InChI is InChI=1S/C15H25NO/c1-11(2)9-14(16)10-13-5-7-15(8-6-13)17-12(3)4/h5-8,11-12,14H,9-10,16H2,1-4H3. The van der Waals surface area contributed by atoms with Gasteiger partial charge in [0.15, 0.2) is 0 Å². The van der Waals surface area contributed by atoms with Crippen molar-refractivity contribution in [2.45, 2.75) is 52.7 Å². The van der Waals surface area contributed by atoms with Crippen LogP contribution >= 0.6 is 0 Å². The van der Waals surface area contributed by atoms with E-state index in [9.17, 15) is 0 Å². The summed E-state index contributed by atoms with van der Waals surface area (Å²) in [6.45, 7) is 8.48. The van der Waals surface area contributed by atoms with Crippen LogP contribution in [0.5, 0.6) is 5.75 Å². The fraction of sp³-hybridized carbons (Fsp3) is 0.600. The highest BCUT2D eigenvalue weighted by atomic mass is 16.5. The van der Waals surface area contributed by atoms with Crippen LogP contribution in [-0.4, -0.2) is 12.1 Å². The zero-order valence-corrected chi connectivity index (χ0v) is 11.4. The third-order valence-electron chi connectivity index (χ3n) is 2.57. The van der Waals surface area contributed by atoms with Crippen molar-refractivity contribution in [2.75, 3.05) is 0 Å². The van der Waals surface area contributed by atoms with Gasteiger partial charge in [-0.25, -0.2) is 0 Å². The molecule has 0 saturated heterocycles. The molecule has 17 heavy (non-hydrogen) atoms. The van der Waals surface area contributed by atoms with Crippen LogP contribution in [0.4, 0.5) is 0 Å². The van der Waals surface area contributed by atoms with E-state index in [0.717, 1.165) is 18.6 Å². The van der Waals surface area contributed by atoms with E-state index in [1.165, 1.54) is 5.56 Å². The topological polar surface area (TPSA) is 35.2 Å². The molecule has 1 rings (SSSR count). The van der Waals surface area contributed by atoms with Gasteiger partial charge in [0.05, 0.1) is 6.10 Å². The summed E-state index contributed by atoms with van der Waals surface area (Å²) in [5, 5.41) is 0. The van der Waals surface area contributed by atoms with E-state index in [0.29, 0.717) is 5.92 Å². The van der Waals surface area contributed by atoms with E-state index in [2.05, 4.69) is 26.0 Å². The number of benzene rings is 1. The molecule has 96 valence electrons. The Bertz CT molecular complexity index is 316. The van der Waals surface area contributed by atoms with E-state index in [4.69, 9.17) is 10.5 Å². The maximum Gasteiger partial charge on any atom is 0.119 e. The Morgan fingerprint density at radius 1 is 1.06 bits per heavy atom. The molecule has 0 radical (unpaired) electrons. The molecule has 2 nitrogen and oxygen atoms in total. The molecular formula is C15H25NO. The molecule has 1 atom stereocenters. The Hall–Kier alpha value is -1.02. The van der Waals surface area contributed by atoms with Crippen LogP contribution in [0.3, 0.4) is 0 Å². The van der Waals surface area contributed by atoms with E-state index < -0.39 is 0 Å². The predicted octanol–water partition coefficient (Wildman–Crippen LogP) is 3.39. The van der Waals surface area contributed by atoms with Crippen LogP contribution in [0.2, 0.25) is 0 Å². The van der Waals surface area contributed by atoms with Gasteiger partial charge in [-0.3, -0.25) is 0 Å². The lowest BCUT2D eigenvalue weighted by atomic mass is 9.98. The van der Waals surface area contributed by atoms with Crippen molar-refractivity contribution in [1.82, 2.24) is 0 Å². The molecule has 2 heteroatoms. The molecular weight excluding hydrogens is 210 g/mol. The molecule has 2 N–H and O–H groups in total. The van der Waals surface area contributed by atoms with Gasteiger partial charge in [-0.05, 0) is 50.3 Å². The van der Waals surface area contributed by atoms with Gasteiger partial charge in [0.2, 0.25) is 0 Å². The molecule has 0 aliphatic rings. The van der Waals surface area contributed by atoms with Gasteiger partial charge in [0, 0.05) is 6.04 Å². The molecule has 1 aromatic rings. The Morgan fingerprint density at radius 3 is 2.12 bits per heavy atom. The fourth-order valence-corrected chi connectivity index (χ4v) is 1.97. The number of ether oxygens (including phenoxy) is 1. The van der Waals surface area contributed by atoms with E-state index >= 15 is 0 Å². The first-order valence-electron chi connectivity index (χ1n) is 6.48. The first-order chi connectivity index (χ1) is 7.97. The van der Waals surface area contributed by atoms with Gasteiger partial charge in [-0.1, -0.05) is 26.0 Å². The van der Waals surface area contributed by atoms with E-state index in [1.54, 1.807) is 0 Å². The van der Waals surface area contributed by atoms with Crippen LogP contribution in [0.1, 0.15) is 39.7 Å². The van der Waals surface area contributed by atoms with Crippen molar-refractivity contribution >= 4 is 0 Å². The predicted molar refractivity (Wildman–Crippen MR) is 73.3 cm³/mol. The molecule has 0 aromatic heterocycles. The monoisotopic (exact) mass is 235 g/mol. The highest BCUT2D eigenvalue weighted by molar-refractivity contribution is 5.27. The lowest BCUT2D eigenvalue weighted by Crippen LogP contribution is -2.24. The summed E-state index contributed by atoms with van der Waals surface area (Å²) in [6.07, 6.45) is 2.24. The Labute approximate surface area is 105 Å². The van der Waals surface area contributed by atoms with Crippen molar-refractivity contribution in [1.29, 1.82) is 0 Å². The average molecular weight is 235 g/mol. The van der Waals surface area contributed by atoms with E-state index in [-0.39, 0.29) is 12.1 Å². The van der Waals surface area contributed by atoms with Crippen molar-refractivity contribution in [2.24, 2.45) is 11.7 Å². The molecule has 0 spiro atoms. The summed E-state index contributed by atoms with van der Waals surface area (Å²) in [5.41, 5.74) is 7.38. The fourth-order valence-electron chi connectivity index (χ4n) is 1.97. The van der Waals surface area contributed by atoms with Crippen molar-refractivity contribution in [3.8, 4) is 5.75 Å². The molecule has 0 amide bonds. The van der Waals surface area contributed by atoms with Gasteiger partial charge >= 0.3 is 0 Å². The molecule has 0 fully saturated rings. The van der Waals surface area contributed by atoms with Gasteiger partial charge in [0.1, 0.15) is 5.75 Å². The number of hydrogen-bond acceptors (Lipinski definition) is 2.